The first-order valence-corrected chi connectivity index (χ1v) is 6.55. The van der Waals surface area contributed by atoms with Gasteiger partial charge in [0, 0.05) is 12.4 Å². The maximum absolute atomic E-state index is 12.9. The Hall–Kier alpha value is -2.15. The van der Waals surface area contributed by atoms with Crippen molar-refractivity contribution in [3.05, 3.63) is 53.8 Å². The number of nitrogens with zero attached hydrogens (tertiary/aromatic N) is 3. The molecule has 0 N–H and O–H groups in total. The summed E-state index contributed by atoms with van der Waals surface area (Å²) >= 11 is 1.33. The fraction of sp³-hybridized carbons (Fsp3) is 0.0769. The van der Waals surface area contributed by atoms with Gasteiger partial charge in [0.25, 0.3) is 0 Å². The molecular formula is C13H8F3N3S. The van der Waals surface area contributed by atoms with Crippen LogP contribution < -0.4 is 0 Å². The Kier molecular flexibility index (Phi) is 3.06. The molecule has 0 saturated carbocycles. The zero-order chi connectivity index (χ0) is 14.2. The van der Waals surface area contributed by atoms with Crippen LogP contribution in [0.3, 0.4) is 0 Å². The molecule has 0 aromatic carbocycles. The van der Waals surface area contributed by atoms with Crippen molar-refractivity contribution in [1.82, 2.24) is 14.5 Å². The van der Waals surface area contributed by atoms with Crippen molar-refractivity contribution in [2.24, 2.45) is 0 Å². The highest BCUT2D eigenvalue weighted by Crippen LogP contribution is 2.32. The highest BCUT2D eigenvalue weighted by molar-refractivity contribution is 7.13. The van der Waals surface area contributed by atoms with Gasteiger partial charge in [-0.05, 0) is 29.6 Å². The molecule has 7 heteroatoms. The van der Waals surface area contributed by atoms with E-state index in [2.05, 4.69) is 9.97 Å². The molecule has 102 valence electrons. The smallest absolute Gasteiger partial charge is 0.293 e. The van der Waals surface area contributed by atoms with Gasteiger partial charge in [0.05, 0.1) is 10.6 Å². The molecule has 0 aliphatic heterocycles. The van der Waals surface area contributed by atoms with E-state index in [0.717, 1.165) is 6.07 Å². The molecule has 3 nitrogen and oxygen atoms in total. The SMILES string of the molecule is FC(F)(F)c1cc(-c2cccs2)nc(-n2cccc2)n1. The summed E-state index contributed by atoms with van der Waals surface area (Å²) < 4.78 is 40.3. The summed E-state index contributed by atoms with van der Waals surface area (Å²) in [5.41, 5.74) is -0.675. The van der Waals surface area contributed by atoms with Crippen molar-refractivity contribution in [1.29, 1.82) is 0 Å². The third-order valence-corrected chi connectivity index (χ3v) is 3.51. The minimum atomic E-state index is -4.50. The van der Waals surface area contributed by atoms with Gasteiger partial charge in [-0.1, -0.05) is 6.07 Å². The van der Waals surface area contributed by atoms with Crippen molar-refractivity contribution < 1.29 is 13.2 Å². The first-order chi connectivity index (χ1) is 9.54. The van der Waals surface area contributed by atoms with Crippen LogP contribution in [0.5, 0.6) is 0 Å². The van der Waals surface area contributed by atoms with Crippen molar-refractivity contribution in [2.75, 3.05) is 0 Å². The fourth-order valence-electron chi connectivity index (χ4n) is 1.71. The predicted octanol–water partition coefficient (Wildman–Crippen LogP) is 4.01. The first-order valence-electron chi connectivity index (χ1n) is 5.67. The van der Waals surface area contributed by atoms with Crippen molar-refractivity contribution in [3.8, 4) is 16.5 Å². The third kappa shape index (κ3) is 2.44. The average molecular weight is 295 g/mol. The molecule has 3 aromatic rings. The Morgan fingerprint density at radius 1 is 1.05 bits per heavy atom. The van der Waals surface area contributed by atoms with Crippen LogP contribution in [0.4, 0.5) is 13.2 Å². The topological polar surface area (TPSA) is 30.7 Å². The van der Waals surface area contributed by atoms with E-state index in [-0.39, 0.29) is 11.6 Å². The molecule has 0 amide bonds. The number of halogens is 3. The van der Waals surface area contributed by atoms with Crippen LogP contribution in [0.1, 0.15) is 5.69 Å². The van der Waals surface area contributed by atoms with Crippen LogP contribution in [-0.2, 0) is 6.18 Å². The summed E-state index contributed by atoms with van der Waals surface area (Å²) in [5.74, 6) is 0.00762. The second-order valence-corrected chi connectivity index (χ2v) is 4.95. The number of hydrogen-bond acceptors (Lipinski definition) is 3. The molecule has 0 saturated heterocycles. The van der Waals surface area contributed by atoms with Crippen molar-refractivity contribution in [3.63, 3.8) is 0 Å². The third-order valence-electron chi connectivity index (χ3n) is 2.61. The van der Waals surface area contributed by atoms with Gasteiger partial charge < -0.3 is 0 Å². The largest absolute Gasteiger partial charge is 0.433 e. The zero-order valence-electron chi connectivity index (χ0n) is 10.0. The average Bonchev–Trinajstić information content (AvgIpc) is 3.10. The molecule has 0 fully saturated rings. The molecule has 0 bridgehead atoms. The van der Waals surface area contributed by atoms with Gasteiger partial charge in [0.15, 0.2) is 5.69 Å². The Labute approximate surface area is 116 Å². The molecule has 20 heavy (non-hydrogen) atoms. The maximum Gasteiger partial charge on any atom is 0.433 e. The summed E-state index contributed by atoms with van der Waals surface area (Å²) in [6.45, 7) is 0. The van der Waals surface area contributed by atoms with E-state index in [0.29, 0.717) is 4.88 Å². The number of aromatic nitrogens is 3. The number of thiophene rings is 1. The first kappa shape index (κ1) is 12.9. The summed E-state index contributed by atoms with van der Waals surface area (Å²) in [6, 6.07) is 7.87. The molecule has 0 radical (unpaired) electrons. The normalized spacial score (nSPS) is 11.8. The van der Waals surface area contributed by atoms with E-state index in [4.69, 9.17) is 0 Å². The Morgan fingerprint density at radius 2 is 1.80 bits per heavy atom. The monoisotopic (exact) mass is 295 g/mol. The predicted molar refractivity (Wildman–Crippen MR) is 69.7 cm³/mol. The van der Waals surface area contributed by atoms with E-state index in [1.165, 1.54) is 15.9 Å². The van der Waals surface area contributed by atoms with Crippen LogP contribution in [0.2, 0.25) is 0 Å². The van der Waals surface area contributed by atoms with E-state index in [9.17, 15) is 13.2 Å². The Balaban J connectivity index is 2.19. The quantitative estimate of drug-likeness (QED) is 0.715. The lowest BCUT2D eigenvalue weighted by Gasteiger charge is -2.10. The van der Waals surface area contributed by atoms with Crippen molar-refractivity contribution in [2.45, 2.75) is 6.18 Å². The van der Waals surface area contributed by atoms with Gasteiger partial charge in [-0.15, -0.1) is 11.3 Å². The summed E-state index contributed by atoms with van der Waals surface area (Å²) in [5, 5.41) is 1.79. The van der Waals surface area contributed by atoms with E-state index in [1.807, 2.05) is 0 Å². The van der Waals surface area contributed by atoms with Gasteiger partial charge in [0.2, 0.25) is 5.95 Å². The second-order valence-electron chi connectivity index (χ2n) is 4.00. The Bertz CT molecular complexity index is 651. The minimum absolute atomic E-state index is 0.00762. The molecule has 3 heterocycles. The molecule has 3 aromatic heterocycles. The van der Waals surface area contributed by atoms with Crippen LogP contribution in [0, 0.1) is 0 Å². The van der Waals surface area contributed by atoms with Crippen molar-refractivity contribution >= 4 is 11.3 Å². The lowest BCUT2D eigenvalue weighted by Crippen LogP contribution is -2.12. The molecule has 0 unspecified atom stereocenters. The lowest BCUT2D eigenvalue weighted by atomic mass is 10.3. The van der Waals surface area contributed by atoms with Gasteiger partial charge in [-0.3, -0.25) is 4.57 Å². The van der Waals surface area contributed by atoms with Crippen LogP contribution in [-0.4, -0.2) is 14.5 Å². The lowest BCUT2D eigenvalue weighted by molar-refractivity contribution is -0.141. The highest BCUT2D eigenvalue weighted by Gasteiger charge is 2.34. The van der Waals surface area contributed by atoms with Gasteiger partial charge in [-0.25, -0.2) is 9.97 Å². The van der Waals surface area contributed by atoms with E-state index in [1.54, 1.807) is 42.0 Å². The van der Waals surface area contributed by atoms with Gasteiger partial charge in [-0.2, -0.15) is 13.2 Å². The molecule has 0 atom stereocenters. The molecule has 0 aliphatic carbocycles. The molecule has 3 rings (SSSR count). The molecule has 0 aliphatic rings. The number of rotatable bonds is 2. The second kappa shape index (κ2) is 4.75. The van der Waals surface area contributed by atoms with Crippen LogP contribution in [0.25, 0.3) is 16.5 Å². The van der Waals surface area contributed by atoms with Gasteiger partial charge in [0.1, 0.15) is 0 Å². The number of hydrogen-bond donors (Lipinski definition) is 0. The standard InChI is InChI=1S/C13H8F3N3S/c14-13(15,16)11-8-9(10-4-3-7-20-10)17-12(18-11)19-5-1-2-6-19/h1-8H. The fourth-order valence-corrected chi connectivity index (χ4v) is 2.40. The maximum atomic E-state index is 12.9. The summed E-state index contributed by atoms with van der Waals surface area (Å²) in [4.78, 5) is 8.46. The molecular weight excluding hydrogens is 287 g/mol. The molecule has 0 spiro atoms. The minimum Gasteiger partial charge on any atom is -0.293 e. The van der Waals surface area contributed by atoms with Crippen LogP contribution in [0.15, 0.2) is 48.1 Å². The number of alkyl halides is 3. The van der Waals surface area contributed by atoms with Crippen LogP contribution >= 0.6 is 11.3 Å². The Morgan fingerprint density at radius 3 is 2.40 bits per heavy atom. The van der Waals surface area contributed by atoms with E-state index < -0.39 is 11.9 Å². The highest BCUT2D eigenvalue weighted by atomic mass is 32.1. The summed E-state index contributed by atoms with van der Waals surface area (Å²) in [6.07, 6.45) is -1.29. The zero-order valence-corrected chi connectivity index (χ0v) is 10.8. The summed E-state index contributed by atoms with van der Waals surface area (Å²) in [7, 11) is 0. The van der Waals surface area contributed by atoms with Gasteiger partial charge >= 0.3 is 6.18 Å². The van der Waals surface area contributed by atoms with E-state index >= 15 is 0 Å².